The summed E-state index contributed by atoms with van der Waals surface area (Å²) in [5.41, 5.74) is 0. The zero-order valence-corrected chi connectivity index (χ0v) is 8.56. The van der Waals surface area contributed by atoms with Gasteiger partial charge in [0.15, 0.2) is 0 Å². The molecule has 0 unspecified atom stereocenters. The van der Waals surface area contributed by atoms with Crippen LogP contribution in [0.15, 0.2) is 18.2 Å². The smallest absolute Gasteiger partial charge is 1.00 e. The molecular formula is C6H9Cl2Sn. The second-order valence-electron chi connectivity index (χ2n) is 1.00. The van der Waals surface area contributed by atoms with Crippen molar-refractivity contribution in [1.29, 1.82) is 0 Å². The molecule has 0 aromatic rings. The van der Waals surface area contributed by atoms with E-state index in [1.54, 1.807) is 0 Å². The standard InChI is InChI=1S/C5H5.CH4.2ClH.Sn/c1-2-4-5-3-1;;;;/h1-3H,4H2;1H4;2*1H;/q;;;;+2/p-2. The third-order valence-corrected chi connectivity index (χ3v) is 0.586. The summed E-state index contributed by atoms with van der Waals surface area (Å²) in [6.07, 6.45) is 10.0. The van der Waals surface area contributed by atoms with E-state index in [4.69, 9.17) is 0 Å². The van der Waals surface area contributed by atoms with E-state index < -0.39 is 0 Å². The molecule has 0 saturated carbocycles. The summed E-state index contributed by atoms with van der Waals surface area (Å²) >= 11 is 0. The number of halogens is 2. The Morgan fingerprint density at radius 3 is 1.89 bits per heavy atom. The van der Waals surface area contributed by atoms with E-state index in [9.17, 15) is 0 Å². The second kappa shape index (κ2) is 15.9. The maximum Gasteiger partial charge on any atom is 2.00 e. The van der Waals surface area contributed by atoms with Gasteiger partial charge in [0.2, 0.25) is 0 Å². The monoisotopic (exact) mass is 271 g/mol. The van der Waals surface area contributed by atoms with Crippen LogP contribution in [0, 0.1) is 6.08 Å². The molecule has 0 aromatic heterocycles. The molecule has 0 atom stereocenters. The van der Waals surface area contributed by atoms with Crippen LogP contribution in [0.25, 0.3) is 0 Å². The van der Waals surface area contributed by atoms with E-state index in [0.717, 1.165) is 6.42 Å². The van der Waals surface area contributed by atoms with Crippen molar-refractivity contribution in [2.75, 3.05) is 0 Å². The summed E-state index contributed by atoms with van der Waals surface area (Å²) in [6.45, 7) is 0. The van der Waals surface area contributed by atoms with E-state index in [1.807, 2.05) is 12.2 Å². The first-order chi connectivity index (χ1) is 2.50. The molecule has 0 fully saturated rings. The molecule has 0 nitrogen and oxygen atoms in total. The zero-order valence-electron chi connectivity index (χ0n) is 4.20. The summed E-state index contributed by atoms with van der Waals surface area (Å²) < 4.78 is 0. The molecule has 3 radical (unpaired) electrons. The maximum absolute atomic E-state index is 2.99. The SMILES string of the molecule is C.[C]1=CC=CC1.[Cl-].[Cl-].[Sn+2]. The third-order valence-electron chi connectivity index (χ3n) is 0.586. The van der Waals surface area contributed by atoms with E-state index in [-0.39, 0.29) is 56.1 Å². The Labute approximate surface area is 86.6 Å². The molecule has 3 heteroatoms. The molecule has 1 aliphatic carbocycles. The average Bonchev–Trinajstić information content (AvgIpc) is 1.76. The van der Waals surface area contributed by atoms with Crippen LogP contribution in [0.2, 0.25) is 0 Å². The molecule has 1 aliphatic rings. The van der Waals surface area contributed by atoms with Gasteiger partial charge in [-0.25, -0.2) is 0 Å². The summed E-state index contributed by atoms with van der Waals surface area (Å²) in [7, 11) is 0. The predicted molar refractivity (Wildman–Crippen MR) is 34.1 cm³/mol. The predicted octanol–water partition coefficient (Wildman–Crippen LogP) is -4.43. The van der Waals surface area contributed by atoms with Gasteiger partial charge in [0.1, 0.15) is 0 Å². The molecule has 0 bridgehead atoms. The fourth-order valence-corrected chi connectivity index (χ4v) is 0.340. The molecule has 0 saturated heterocycles. The van der Waals surface area contributed by atoms with Crippen molar-refractivity contribution in [3.63, 3.8) is 0 Å². The van der Waals surface area contributed by atoms with Gasteiger partial charge < -0.3 is 24.8 Å². The summed E-state index contributed by atoms with van der Waals surface area (Å²) in [5.74, 6) is 0. The number of hydrogen-bond donors (Lipinski definition) is 0. The fourth-order valence-electron chi connectivity index (χ4n) is 0.340. The number of rotatable bonds is 0. The molecule has 51 valence electrons. The first kappa shape index (κ1) is 22.5. The maximum atomic E-state index is 2.99. The Morgan fingerprint density at radius 1 is 1.22 bits per heavy atom. The molecule has 9 heavy (non-hydrogen) atoms. The van der Waals surface area contributed by atoms with Crippen LogP contribution < -0.4 is 24.8 Å². The Hall–Kier alpha value is 0.859. The topological polar surface area (TPSA) is 0 Å². The molecular weight excluding hydrogens is 262 g/mol. The van der Waals surface area contributed by atoms with Gasteiger partial charge in [-0.05, 0) is 12.5 Å². The van der Waals surface area contributed by atoms with Crippen LogP contribution in [0.3, 0.4) is 0 Å². The minimum Gasteiger partial charge on any atom is -1.00 e. The van der Waals surface area contributed by atoms with Gasteiger partial charge >= 0.3 is 23.9 Å². The summed E-state index contributed by atoms with van der Waals surface area (Å²) in [4.78, 5) is 0. The van der Waals surface area contributed by atoms with Crippen molar-refractivity contribution in [2.24, 2.45) is 0 Å². The Kier molecular flexibility index (Phi) is 39.9. The normalized spacial score (nSPS) is 9.78. The van der Waals surface area contributed by atoms with Crippen LogP contribution in [0.1, 0.15) is 13.8 Å². The molecule has 0 heterocycles. The quantitative estimate of drug-likeness (QED) is 0.390. The van der Waals surface area contributed by atoms with Gasteiger partial charge in [-0.3, -0.25) is 0 Å². The Morgan fingerprint density at radius 2 is 1.78 bits per heavy atom. The van der Waals surface area contributed by atoms with Gasteiger partial charge in [-0.1, -0.05) is 25.7 Å². The van der Waals surface area contributed by atoms with Gasteiger partial charge in [0.25, 0.3) is 0 Å². The van der Waals surface area contributed by atoms with E-state index >= 15 is 0 Å². The van der Waals surface area contributed by atoms with E-state index in [0.29, 0.717) is 0 Å². The van der Waals surface area contributed by atoms with Crippen molar-refractivity contribution >= 4 is 23.9 Å². The zero-order chi connectivity index (χ0) is 3.54. The van der Waals surface area contributed by atoms with Crippen molar-refractivity contribution in [3.05, 3.63) is 24.3 Å². The van der Waals surface area contributed by atoms with Crippen LogP contribution in [-0.4, -0.2) is 23.9 Å². The van der Waals surface area contributed by atoms with Crippen molar-refractivity contribution in [2.45, 2.75) is 13.8 Å². The molecule has 0 aliphatic heterocycles. The van der Waals surface area contributed by atoms with Crippen molar-refractivity contribution in [1.82, 2.24) is 0 Å². The molecule has 0 N–H and O–H groups in total. The largest absolute Gasteiger partial charge is 2.00 e. The van der Waals surface area contributed by atoms with Crippen LogP contribution in [0.4, 0.5) is 0 Å². The van der Waals surface area contributed by atoms with Gasteiger partial charge in [0, 0.05) is 0 Å². The molecule has 0 amide bonds. The first-order valence-corrected chi connectivity index (χ1v) is 1.72. The minimum atomic E-state index is 0. The van der Waals surface area contributed by atoms with Gasteiger partial charge in [-0.2, -0.15) is 0 Å². The summed E-state index contributed by atoms with van der Waals surface area (Å²) in [6, 6.07) is 0. The molecule has 0 spiro atoms. The second-order valence-corrected chi connectivity index (χ2v) is 1.00. The van der Waals surface area contributed by atoms with Crippen molar-refractivity contribution in [3.8, 4) is 0 Å². The third kappa shape index (κ3) is 12.1. The first-order valence-electron chi connectivity index (χ1n) is 1.72. The minimum absolute atomic E-state index is 0. The Balaban J connectivity index is -0.0000000312. The average molecular weight is 271 g/mol. The van der Waals surface area contributed by atoms with Crippen molar-refractivity contribution < 1.29 is 24.8 Å². The fraction of sp³-hybridized carbons (Fsp3) is 0.333. The number of hydrogen-bond acceptors (Lipinski definition) is 0. The summed E-state index contributed by atoms with van der Waals surface area (Å²) in [5, 5.41) is 0. The van der Waals surface area contributed by atoms with Crippen LogP contribution in [-0.2, 0) is 0 Å². The molecule has 1 rings (SSSR count). The Bertz CT molecular complexity index is 69.1. The number of allylic oxidation sites excluding steroid dienone is 4. The van der Waals surface area contributed by atoms with Gasteiger partial charge in [-0.15, -0.1) is 0 Å². The van der Waals surface area contributed by atoms with Crippen LogP contribution >= 0.6 is 0 Å². The van der Waals surface area contributed by atoms with Crippen LogP contribution in [0.5, 0.6) is 0 Å². The van der Waals surface area contributed by atoms with E-state index in [1.165, 1.54) is 0 Å². The molecule has 0 aromatic carbocycles. The van der Waals surface area contributed by atoms with Gasteiger partial charge in [0.05, 0.1) is 0 Å². The van der Waals surface area contributed by atoms with E-state index in [2.05, 4.69) is 12.2 Å².